The van der Waals surface area contributed by atoms with Crippen LogP contribution in [0.15, 0.2) is 54.9 Å². The highest BCUT2D eigenvalue weighted by molar-refractivity contribution is 6.32. The summed E-state index contributed by atoms with van der Waals surface area (Å²) in [7, 11) is 0. The van der Waals surface area contributed by atoms with Gasteiger partial charge in [-0.15, -0.1) is 0 Å². The number of halogens is 1. The zero-order chi connectivity index (χ0) is 13.5. The van der Waals surface area contributed by atoms with Gasteiger partial charge < -0.3 is 5.32 Å². The quantitative estimate of drug-likeness (QED) is 0.869. The number of nitrogens with one attached hydrogen (secondary N) is 1. The number of hydrogen-bond acceptors (Lipinski definition) is 2. The van der Waals surface area contributed by atoms with E-state index in [2.05, 4.69) is 10.3 Å². The van der Waals surface area contributed by atoms with Crippen molar-refractivity contribution in [2.24, 2.45) is 0 Å². The van der Waals surface area contributed by atoms with Gasteiger partial charge in [-0.1, -0.05) is 35.9 Å². The number of aromatic nitrogens is 1. The minimum atomic E-state index is -0.163. The van der Waals surface area contributed by atoms with Gasteiger partial charge in [0.25, 0.3) is 0 Å². The molecule has 3 nitrogen and oxygen atoms in total. The number of carbonyl (C=O) groups excluding carboxylic acids is 1. The van der Waals surface area contributed by atoms with Gasteiger partial charge >= 0.3 is 0 Å². The molecule has 0 spiro atoms. The van der Waals surface area contributed by atoms with E-state index in [9.17, 15) is 4.79 Å². The van der Waals surface area contributed by atoms with Crippen molar-refractivity contribution in [3.05, 3.63) is 71.0 Å². The zero-order valence-electron chi connectivity index (χ0n) is 10.2. The van der Waals surface area contributed by atoms with Gasteiger partial charge in [-0.25, -0.2) is 0 Å². The van der Waals surface area contributed by atoms with Crippen LogP contribution in [-0.4, -0.2) is 10.9 Å². The number of hydrogen-bond donors (Lipinski definition) is 1. The molecule has 0 saturated carbocycles. The van der Waals surface area contributed by atoms with Gasteiger partial charge in [0.15, 0.2) is 0 Å². The van der Waals surface area contributed by atoms with Crippen LogP contribution in [0.25, 0.3) is 6.08 Å². The topological polar surface area (TPSA) is 42.0 Å². The monoisotopic (exact) mass is 272 g/mol. The number of pyridine rings is 1. The SMILES string of the molecule is O=C(/C=C/c1ccccc1Cl)NCc1cccnc1. The molecule has 4 heteroatoms. The minimum absolute atomic E-state index is 0.163. The third-order valence-corrected chi connectivity index (χ3v) is 2.85. The molecule has 0 saturated heterocycles. The summed E-state index contributed by atoms with van der Waals surface area (Å²) in [5, 5.41) is 3.40. The Balaban J connectivity index is 1.90. The van der Waals surface area contributed by atoms with Gasteiger partial charge in [-0.05, 0) is 29.3 Å². The van der Waals surface area contributed by atoms with Crippen molar-refractivity contribution >= 4 is 23.6 Å². The molecule has 0 atom stereocenters. The van der Waals surface area contributed by atoms with Crippen molar-refractivity contribution in [3.8, 4) is 0 Å². The number of carbonyl (C=O) groups is 1. The molecular weight excluding hydrogens is 260 g/mol. The zero-order valence-corrected chi connectivity index (χ0v) is 11.0. The maximum Gasteiger partial charge on any atom is 0.244 e. The molecule has 0 aliphatic heterocycles. The van der Waals surface area contributed by atoms with Crippen molar-refractivity contribution in [3.63, 3.8) is 0 Å². The van der Waals surface area contributed by atoms with Crippen LogP contribution in [0, 0.1) is 0 Å². The third-order valence-electron chi connectivity index (χ3n) is 2.51. The maximum atomic E-state index is 11.6. The standard InChI is InChI=1S/C15H13ClN2O/c16-14-6-2-1-5-13(14)7-8-15(19)18-11-12-4-3-9-17-10-12/h1-10H,11H2,(H,18,19)/b8-7+. The molecule has 0 radical (unpaired) electrons. The predicted octanol–water partition coefficient (Wildman–Crippen LogP) is 3.06. The summed E-state index contributed by atoms with van der Waals surface area (Å²) in [6.07, 6.45) is 6.58. The molecule has 1 aromatic heterocycles. The lowest BCUT2D eigenvalue weighted by Crippen LogP contribution is -2.20. The highest BCUT2D eigenvalue weighted by Crippen LogP contribution is 2.15. The van der Waals surface area contributed by atoms with E-state index < -0.39 is 0 Å². The first kappa shape index (κ1) is 13.3. The number of amides is 1. The second kappa shape index (κ2) is 6.71. The molecule has 0 aliphatic carbocycles. The van der Waals surface area contributed by atoms with E-state index in [4.69, 9.17) is 11.6 Å². The summed E-state index contributed by atoms with van der Waals surface area (Å²) in [6.45, 7) is 0.458. The van der Waals surface area contributed by atoms with Crippen LogP contribution in [0.1, 0.15) is 11.1 Å². The average Bonchev–Trinajstić information content (AvgIpc) is 2.45. The Bertz CT molecular complexity index is 582. The van der Waals surface area contributed by atoms with Crippen molar-refractivity contribution in [1.29, 1.82) is 0 Å². The molecule has 2 aromatic rings. The number of benzene rings is 1. The highest BCUT2D eigenvalue weighted by atomic mass is 35.5. The first-order valence-electron chi connectivity index (χ1n) is 5.85. The fourth-order valence-electron chi connectivity index (χ4n) is 1.53. The van der Waals surface area contributed by atoms with E-state index >= 15 is 0 Å². The second-order valence-electron chi connectivity index (χ2n) is 3.93. The summed E-state index contributed by atoms with van der Waals surface area (Å²) in [5.41, 5.74) is 1.78. The van der Waals surface area contributed by atoms with E-state index in [1.807, 2.05) is 30.3 Å². The normalized spacial score (nSPS) is 10.6. The molecule has 0 fully saturated rings. The van der Waals surface area contributed by atoms with Crippen LogP contribution in [0.5, 0.6) is 0 Å². The molecule has 1 aromatic carbocycles. The first-order valence-corrected chi connectivity index (χ1v) is 6.23. The highest BCUT2D eigenvalue weighted by Gasteiger charge is 1.98. The Labute approximate surface area is 116 Å². The predicted molar refractivity (Wildman–Crippen MR) is 76.6 cm³/mol. The lowest BCUT2D eigenvalue weighted by molar-refractivity contribution is -0.116. The molecule has 0 unspecified atom stereocenters. The van der Waals surface area contributed by atoms with E-state index in [1.54, 1.807) is 24.5 Å². The van der Waals surface area contributed by atoms with Gasteiger partial charge in [-0.2, -0.15) is 0 Å². The summed E-state index contributed by atoms with van der Waals surface area (Å²) in [6, 6.07) is 11.1. The Morgan fingerprint density at radius 3 is 2.84 bits per heavy atom. The fourth-order valence-corrected chi connectivity index (χ4v) is 1.73. The Morgan fingerprint density at radius 1 is 1.26 bits per heavy atom. The fraction of sp³-hybridized carbons (Fsp3) is 0.0667. The van der Waals surface area contributed by atoms with Gasteiger partial charge in [-0.3, -0.25) is 9.78 Å². The van der Waals surface area contributed by atoms with Crippen molar-refractivity contribution in [2.75, 3.05) is 0 Å². The lowest BCUT2D eigenvalue weighted by Gasteiger charge is -2.01. The van der Waals surface area contributed by atoms with Gasteiger partial charge in [0, 0.05) is 30.0 Å². The van der Waals surface area contributed by atoms with E-state index in [0.29, 0.717) is 11.6 Å². The number of nitrogens with zero attached hydrogens (tertiary/aromatic N) is 1. The lowest BCUT2D eigenvalue weighted by atomic mass is 10.2. The van der Waals surface area contributed by atoms with Crippen molar-refractivity contribution < 1.29 is 4.79 Å². The van der Waals surface area contributed by atoms with Crippen LogP contribution in [0.2, 0.25) is 5.02 Å². The molecule has 1 N–H and O–H groups in total. The van der Waals surface area contributed by atoms with Crippen LogP contribution in [0.3, 0.4) is 0 Å². The molecule has 19 heavy (non-hydrogen) atoms. The largest absolute Gasteiger partial charge is 0.348 e. The Hall–Kier alpha value is -2.13. The van der Waals surface area contributed by atoms with E-state index in [-0.39, 0.29) is 5.91 Å². The smallest absolute Gasteiger partial charge is 0.244 e. The molecule has 1 amide bonds. The molecule has 0 aliphatic rings. The van der Waals surface area contributed by atoms with Gasteiger partial charge in [0.2, 0.25) is 5.91 Å². The molecular formula is C15H13ClN2O. The van der Waals surface area contributed by atoms with E-state index in [0.717, 1.165) is 11.1 Å². The first-order chi connectivity index (χ1) is 9.25. The number of rotatable bonds is 4. The molecule has 1 heterocycles. The maximum absolute atomic E-state index is 11.6. The Morgan fingerprint density at radius 2 is 2.11 bits per heavy atom. The van der Waals surface area contributed by atoms with Gasteiger partial charge in [0.1, 0.15) is 0 Å². The summed E-state index contributed by atoms with van der Waals surface area (Å²) >= 11 is 5.99. The van der Waals surface area contributed by atoms with E-state index in [1.165, 1.54) is 6.08 Å². The molecule has 96 valence electrons. The average molecular weight is 273 g/mol. The van der Waals surface area contributed by atoms with Crippen LogP contribution < -0.4 is 5.32 Å². The summed E-state index contributed by atoms with van der Waals surface area (Å²) in [4.78, 5) is 15.6. The van der Waals surface area contributed by atoms with Crippen LogP contribution >= 0.6 is 11.6 Å². The summed E-state index contributed by atoms with van der Waals surface area (Å²) in [5.74, 6) is -0.163. The molecule has 0 bridgehead atoms. The second-order valence-corrected chi connectivity index (χ2v) is 4.34. The molecule has 2 rings (SSSR count). The minimum Gasteiger partial charge on any atom is -0.348 e. The summed E-state index contributed by atoms with van der Waals surface area (Å²) < 4.78 is 0. The van der Waals surface area contributed by atoms with Crippen molar-refractivity contribution in [1.82, 2.24) is 10.3 Å². The third kappa shape index (κ3) is 4.23. The van der Waals surface area contributed by atoms with Crippen LogP contribution in [0.4, 0.5) is 0 Å². The van der Waals surface area contributed by atoms with Crippen LogP contribution in [-0.2, 0) is 11.3 Å². The van der Waals surface area contributed by atoms with Crippen molar-refractivity contribution in [2.45, 2.75) is 6.54 Å². The Kier molecular flexibility index (Phi) is 4.70. The van der Waals surface area contributed by atoms with Gasteiger partial charge in [0.05, 0.1) is 0 Å².